The van der Waals surface area contributed by atoms with E-state index in [4.69, 9.17) is 14.2 Å². The molecule has 1 atom stereocenters. The zero-order valence-corrected chi connectivity index (χ0v) is 21.2. The molecule has 0 spiro atoms. The van der Waals surface area contributed by atoms with Gasteiger partial charge in [0.2, 0.25) is 5.91 Å². The average molecular weight is 489 g/mol. The van der Waals surface area contributed by atoms with Crippen molar-refractivity contribution in [2.45, 2.75) is 57.5 Å². The van der Waals surface area contributed by atoms with E-state index in [9.17, 15) is 9.59 Å². The van der Waals surface area contributed by atoms with E-state index in [-0.39, 0.29) is 17.9 Å². The number of thiophene rings is 1. The lowest BCUT2D eigenvalue weighted by Gasteiger charge is -2.33. The highest BCUT2D eigenvalue weighted by Gasteiger charge is 2.34. The minimum absolute atomic E-state index is 0.131. The lowest BCUT2D eigenvalue weighted by Crippen LogP contribution is -2.47. The second kappa shape index (κ2) is 13.3. The Bertz CT molecular complexity index is 912. The summed E-state index contributed by atoms with van der Waals surface area (Å²) in [6.45, 7) is 3.47. The number of nitrogens with one attached hydrogen (secondary N) is 1. The van der Waals surface area contributed by atoms with Crippen LogP contribution in [0.15, 0.2) is 35.7 Å². The van der Waals surface area contributed by atoms with E-state index in [0.29, 0.717) is 48.1 Å². The Labute approximate surface area is 206 Å². The zero-order chi connectivity index (χ0) is 24.3. The third kappa shape index (κ3) is 6.73. The van der Waals surface area contributed by atoms with Gasteiger partial charge in [-0.3, -0.25) is 9.59 Å². The molecule has 1 fully saturated rings. The minimum Gasteiger partial charge on any atom is -0.493 e. The van der Waals surface area contributed by atoms with Crippen molar-refractivity contribution in [3.63, 3.8) is 0 Å². The third-order valence-corrected chi connectivity index (χ3v) is 6.98. The molecule has 1 saturated carbocycles. The van der Waals surface area contributed by atoms with Crippen molar-refractivity contribution in [3.8, 4) is 11.5 Å². The Morgan fingerprint density at radius 3 is 2.53 bits per heavy atom. The standard InChI is InChI=1S/C26H36N2O5S/c1-4-33-16-9-15-28(26(30)23-12-8-17-34-23)24(25(29)27-20-10-6-5-7-11-20)19-13-14-21(31-2)22(18-19)32-3/h8,12-14,17-18,20,24H,4-7,9-11,15-16H2,1-3H3,(H,27,29). The van der Waals surface area contributed by atoms with Crippen molar-refractivity contribution in [2.75, 3.05) is 34.0 Å². The van der Waals surface area contributed by atoms with Gasteiger partial charge in [0, 0.05) is 25.8 Å². The number of ether oxygens (including phenoxy) is 3. The van der Waals surface area contributed by atoms with Gasteiger partial charge in [-0.05, 0) is 55.3 Å². The van der Waals surface area contributed by atoms with Gasteiger partial charge >= 0.3 is 0 Å². The van der Waals surface area contributed by atoms with Crippen LogP contribution in [-0.4, -0.2) is 56.7 Å². The van der Waals surface area contributed by atoms with Crippen LogP contribution in [0.1, 0.15) is 66.7 Å². The highest BCUT2D eigenvalue weighted by atomic mass is 32.1. The SMILES string of the molecule is CCOCCCN(C(=O)c1cccs1)C(C(=O)NC1CCCCC1)c1ccc(OC)c(OC)c1. The van der Waals surface area contributed by atoms with E-state index in [0.717, 1.165) is 25.7 Å². The molecule has 2 amide bonds. The van der Waals surface area contributed by atoms with Crippen molar-refractivity contribution in [3.05, 3.63) is 46.2 Å². The van der Waals surface area contributed by atoms with Gasteiger partial charge in [0.05, 0.1) is 19.1 Å². The van der Waals surface area contributed by atoms with Crippen LogP contribution in [0.2, 0.25) is 0 Å². The summed E-state index contributed by atoms with van der Waals surface area (Å²) in [7, 11) is 3.14. The molecular weight excluding hydrogens is 452 g/mol. The molecule has 1 heterocycles. The van der Waals surface area contributed by atoms with Gasteiger partial charge in [-0.15, -0.1) is 11.3 Å². The number of benzene rings is 1. The first kappa shape index (κ1) is 26.0. The van der Waals surface area contributed by atoms with Crippen molar-refractivity contribution < 1.29 is 23.8 Å². The van der Waals surface area contributed by atoms with Crippen molar-refractivity contribution >= 4 is 23.2 Å². The molecule has 1 unspecified atom stereocenters. The Kier molecular flexibility index (Phi) is 10.2. The number of carbonyl (C=O) groups excluding carboxylic acids is 2. The summed E-state index contributed by atoms with van der Waals surface area (Å²) >= 11 is 1.38. The molecule has 0 radical (unpaired) electrons. The predicted molar refractivity (Wildman–Crippen MR) is 134 cm³/mol. The zero-order valence-electron chi connectivity index (χ0n) is 20.4. The molecule has 186 valence electrons. The van der Waals surface area contributed by atoms with Gasteiger partial charge in [-0.2, -0.15) is 0 Å². The Morgan fingerprint density at radius 2 is 1.88 bits per heavy atom. The predicted octanol–water partition coefficient (Wildman–Crippen LogP) is 4.82. The molecule has 2 aromatic rings. The van der Waals surface area contributed by atoms with Crippen molar-refractivity contribution in [1.82, 2.24) is 10.2 Å². The molecule has 3 rings (SSSR count). The average Bonchev–Trinajstić information content (AvgIpc) is 3.41. The number of rotatable bonds is 12. The van der Waals surface area contributed by atoms with Gasteiger partial charge in [0.1, 0.15) is 6.04 Å². The van der Waals surface area contributed by atoms with Crippen LogP contribution in [0, 0.1) is 0 Å². The third-order valence-electron chi connectivity index (χ3n) is 6.12. The molecular formula is C26H36N2O5S. The van der Waals surface area contributed by atoms with E-state index in [1.807, 2.05) is 24.4 Å². The first-order valence-electron chi connectivity index (χ1n) is 12.0. The maximum Gasteiger partial charge on any atom is 0.264 e. The fourth-order valence-electron chi connectivity index (χ4n) is 4.39. The smallest absolute Gasteiger partial charge is 0.264 e. The van der Waals surface area contributed by atoms with E-state index < -0.39 is 6.04 Å². The Morgan fingerprint density at radius 1 is 1.12 bits per heavy atom. The van der Waals surface area contributed by atoms with E-state index >= 15 is 0 Å². The minimum atomic E-state index is -0.794. The fourth-order valence-corrected chi connectivity index (χ4v) is 5.07. The summed E-state index contributed by atoms with van der Waals surface area (Å²) in [5.41, 5.74) is 0.687. The molecule has 34 heavy (non-hydrogen) atoms. The summed E-state index contributed by atoms with van der Waals surface area (Å²) in [5, 5.41) is 5.11. The lowest BCUT2D eigenvalue weighted by atomic mass is 9.94. The van der Waals surface area contributed by atoms with Crippen LogP contribution in [0.5, 0.6) is 11.5 Å². The first-order valence-corrected chi connectivity index (χ1v) is 12.9. The van der Waals surface area contributed by atoms with Gasteiger partial charge in [-0.1, -0.05) is 31.4 Å². The number of carbonyl (C=O) groups is 2. The molecule has 8 heteroatoms. The van der Waals surface area contributed by atoms with E-state index in [1.54, 1.807) is 37.3 Å². The maximum atomic E-state index is 13.8. The number of nitrogens with zero attached hydrogens (tertiary/aromatic N) is 1. The molecule has 1 N–H and O–H groups in total. The Balaban J connectivity index is 1.97. The second-order valence-electron chi connectivity index (χ2n) is 8.39. The first-order chi connectivity index (χ1) is 16.6. The molecule has 1 aromatic heterocycles. The number of amides is 2. The highest BCUT2D eigenvalue weighted by Crippen LogP contribution is 2.33. The summed E-state index contributed by atoms with van der Waals surface area (Å²) in [4.78, 5) is 29.7. The van der Waals surface area contributed by atoms with E-state index in [1.165, 1.54) is 17.8 Å². The number of hydrogen-bond donors (Lipinski definition) is 1. The fraction of sp³-hybridized carbons (Fsp3) is 0.538. The molecule has 1 aliphatic carbocycles. The molecule has 1 aromatic carbocycles. The van der Waals surface area contributed by atoms with Crippen LogP contribution in [-0.2, 0) is 9.53 Å². The maximum absolute atomic E-state index is 13.8. The summed E-state index contributed by atoms with van der Waals surface area (Å²) in [6.07, 6.45) is 5.98. The van der Waals surface area contributed by atoms with Crippen LogP contribution < -0.4 is 14.8 Å². The number of hydrogen-bond acceptors (Lipinski definition) is 6. The van der Waals surface area contributed by atoms with Crippen molar-refractivity contribution in [2.24, 2.45) is 0 Å². The molecule has 1 aliphatic rings. The highest BCUT2D eigenvalue weighted by molar-refractivity contribution is 7.12. The van der Waals surface area contributed by atoms with Crippen LogP contribution in [0.3, 0.4) is 0 Å². The molecule has 0 saturated heterocycles. The van der Waals surface area contributed by atoms with Crippen LogP contribution >= 0.6 is 11.3 Å². The van der Waals surface area contributed by atoms with Gasteiger partial charge in [-0.25, -0.2) is 0 Å². The molecule has 7 nitrogen and oxygen atoms in total. The molecule has 0 aliphatic heterocycles. The Hall–Kier alpha value is -2.58. The normalized spacial score (nSPS) is 14.9. The van der Waals surface area contributed by atoms with Gasteiger partial charge in [0.15, 0.2) is 11.5 Å². The summed E-state index contributed by atoms with van der Waals surface area (Å²) < 4.78 is 16.4. The van der Waals surface area contributed by atoms with E-state index in [2.05, 4.69) is 5.32 Å². The largest absolute Gasteiger partial charge is 0.493 e. The summed E-state index contributed by atoms with van der Waals surface area (Å²) in [6, 6.07) is 8.40. The van der Waals surface area contributed by atoms with Crippen LogP contribution in [0.25, 0.3) is 0 Å². The second-order valence-corrected chi connectivity index (χ2v) is 9.33. The van der Waals surface area contributed by atoms with Crippen molar-refractivity contribution in [1.29, 1.82) is 0 Å². The quantitative estimate of drug-likeness (QED) is 0.433. The van der Waals surface area contributed by atoms with Gasteiger partial charge < -0.3 is 24.4 Å². The summed E-state index contributed by atoms with van der Waals surface area (Å²) in [5.74, 6) is 0.768. The number of methoxy groups -OCH3 is 2. The monoisotopic (exact) mass is 488 g/mol. The molecule has 0 bridgehead atoms. The van der Waals surface area contributed by atoms with Gasteiger partial charge in [0.25, 0.3) is 5.91 Å². The lowest BCUT2D eigenvalue weighted by molar-refractivity contribution is -0.127. The van der Waals surface area contributed by atoms with Crippen LogP contribution in [0.4, 0.5) is 0 Å². The topological polar surface area (TPSA) is 77.1 Å².